The Labute approximate surface area is 144 Å². The van der Waals surface area contributed by atoms with Crippen molar-refractivity contribution < 1.29 is 19.7 Å². The Morgan fingerprint density at radius 3 is 1.69 bits per heavy atom. The van der Waals surface area contributed by atoms with Gasteiger partial charge < -0.3 is 0 Å². The molecule has 2 aromatic carbocycles. The van der Waals surface area contributed by atoms with E-state index in [1.807, 2.05) is 0 Å². The number of benzene rings is 2. The van der Waals surface area contributed by atoms with Crippen LogP contribution in [0.2, 0.25) is 0 Å². The molecule has 0 fully saturated rings. The zero-order chi connectivity index (χ0) is 19.6. The first kappa shape index (κ1) is 18.4. The normalized spacial score (nSPS) is 12.8. The number of hydrogen-bond acceptors (Lipinski definition) is 8. The monoisotopic (exact) mass is 362 g/mol. The topological polar surface area (TPSA) is 173 Å². The maximum atomic E-state index is 11.8. The maximum absolute atomic E-state index is 11.8. The van der Waals surface area contributed by atoms with Crippen LogP contribution in [0.5, 0.6) is 0 Å². The first-order chi connectivity index (χ1) is 12.1. The SMILES string of the molecule is CC(c1ccccc1)(c1ccc([N+](=O)[O-])c([N+](=O)[O-])c1[N+](=O)[O-])[N+](=O)[O-]. The lowest BCUT2D eigenvalue weighted by molar-refractivity contribution is -0.562. The second-order valence-electron chi connectivity index (χ2n) is 5.30. The smallest absolute Gasteiger partial charge is 0.263 e. The van der Waals surface area contributed by atoms with Crippen LogP contribution in [0, 0.1) is 40.5 Å². The van der Waals surface area contributed by atoms with E-state index in [2.05, 4.69) is 0 Å². The summed E-state index contributed by atoms with van der Waals surface area (Å²) in [5.74, 6) is 0. The van der Waals surface area contributed by atoms with E-state index in [-0.39, 0.29) is 5.56 Å². The van der Waals surface area contributed by atoms with Gasteiger partial charge in [-0.15, -0.1) is 0 Å². The largest absolute Gasteiger partial charge is 0.422 e. The third kappa shape index (κ3) is 2.79. The van der Waals surface area contributed by atoms with Crippen molar-refractivity contribution in [2.45, 2.75) is 12.5 Å². The summed E-state index contributed by atoms with van der Waals surface area (Å²) in [6, 6.07) is 8.62. The summed E-state index contributed by atoms with van der Waals surface area (Å²) in [5.41, 5.74) is -6.64. The zero-order valence-electron chi connectivity index (χ0n) is 13.1. The molecule has 1 atom stereocenters. The van der Waals surface area contributed by atoms with Crippen molar-refractivity contribution in [1.82, 2.24) is 0 Å². The Kier molecular flexibility index (Phi) is 4.60. The zero-order valence-corrected chi connectivity index (χ0v) is 13.1. The van der Waals surface area contributed by atoms with Gasteiger partial charge in [0.2, 0.25) is 0 Å². The van der Waals surface area contributed by atoms with E-state index in [0.29, 0.717) is 6.07 Å². The number of nitro benzene ring substituents is 3. The Bertz CT molecular complexity index is 930. The van der Waals surface area contributed by atoms with Crippen molar-refractivity contribution in [2.75, 3.05) is 0 Å². The summed E-state index contributed by atoms with van der Waals surface area (Å²) < 4.78 is 0. The third-order valence-electron chi connectivity index (χ3n) is 3.92. The maximum Gasteiger partial charge on any atom is 0.422 e. The quantitative estimate of drug-likeness (QED) is 0.557. The molecule has 2 aromatic rings. The number of rotatable bonds is 6. The van der Waals surface area contributed by atoms with Crippen LogP contribution in [0.4, 0.5) is 17.1 Å². The summed E-state index contributed by atoms with van der Waals surface area (Å²) in [6.45, 7) is 1.04. The molecule has 0 N–H and O–H groups in total. The second-order valence-corrected chi connectivity index (χ2v) is 5.30. The van der Waals surface area contributed by atoms with Crippen molar-refractivity contribution in [1.29, 1.82) is 0 Å². The predicted molar refractivity (Wildman–Crippen MR) is 86.3 cm³/mol. The standard InChI is InChI=1S/C14H10N4O8/c1-14(18(25)26,9-5-3-2-4-6-9)10-7-8-11(15(19)20)13(17(23)24)12(10)16(21)22/h2-8H,1H3. The molecule has 2 rings (SSSR count). The van der Waals surface area contributed by atoms with Gasteiger partial charge in [-0.3, -0.25) is 40.5 Å². The van der Waals surface area contributed by atoms with Gasteiger partial charge in [0.05, 0.1) is 14.8 Å². The van der Waals surface area contributed by atoms with Crippen molar-refractivity contribution >= 4 is 17.1 Å². The minimum Gasteiger partial charge on any atom is -0.263 e. The minimum atomic E-state index is -2.23. The van der Waals surface area contributed by atoms with Crippen molar-refractivity contribution in [3.8, 4) is 0 Å². The average molecular weight is 362 g/mol. The third-order valence-corrected chi connectivity index (χ3v) is 3.92. The van der Waals surface area contributed by atoms with Crippen LogP contribution >= 0.6 is 0 Å². The van der Waals surface area contributed by atoms with Crippen molar-refractivity contribution in [2.24, 2.45) is 0 Å². The van der Waals surface area contributed by atoms with E-state index in [0.717, 1.165) is 13.0 Å². The molecule has 0 aliphatic heterocycles. The molecular weight excluding hydrogens is 352 g/mol. The van der Waals surface area contributed by atoms with Crippen LogP contribution in [0.25, 0.3) is 0 Å². The summed E-state index contributed by atoms with van der Waals surface area (Å²) in [7, 11) is 0. The van der Waals surface area contributed by atoms with Gasteiger partial charge in [-0.25, -0.2) is 0 Å². The molecule has 0 bridgehead atoms. The number of hydrogen-bond donors (Lipinski definition) is 0. The van der Waals surface area contributed by atoms with Crippen LogP contribution in [0.15, 0.2) is 42.5 Å². The number of nitro groups is 4. The molecule has 0 aliphatic rings. The number of nitrogens with zero attached hydrogens (tertiary/aromatic N) is 4. The second kappa shape index (κ2) is 6.51. The summed E-state index contributed by atoms with van der Waals surface area (Å²) in [4.78, 5) is 41.0. The van der Waals surface area contributed by atoms with Gasteiger partial charge in [-0.2, -0.15) is 0 Å². The van der Waals surface area contributed by atoms with Crippen LogP contribution < -0.4 is 0 Å². The van der Waals surface area contributed by atoms with Gasteiger partial charge in [0.1, 0.15) is 5.56 Å². The molecule has 0 heterocycles. The van der Waals surface area contributed by atoms with E-state index < -0.39 is 47.9 Å². The first-order valence-electron chi connectivity index (χ1n) is 6.93. The van der Waals surface area contributed by atoms with Crippen LogP contribution in [-0.4, -0.2) is 19.7 Å². The molecule has 12 nitrogen and oxygen atoms in total. The van der Waals surface area contributed by atoms with E-state index >= 15 is 0 Å². The highest BCUT2D eigenvalue weighted by Gasteiger charge is 2.51. The molecule has 0 saturated carbocycles. The van der Waals surface area contributed by atoms with E-state index in [1.54, 1.807) is 6.07 Å². The molecule has 1 unspecified atom stereocenters. The molecule has 12 heteroatoms. The van der Waals surface area contributed by atoms with Crippen molar-refractivity contribution in [3.05, 3.63) is 94.0 Å². The van der Waals surface area contributed by atoms with Crippen LogP contribution in [0.1, 0.15) is 18.1 Å². The molecule has 0 saturated heterocycles. The van der Waals surface area contributed by atoms with Gasteiger partial charge in [0, 0.05) is 23.5 Å². The van der Waals surface area contributed by atoms with Gasteiger partial charge >= 0.3 is 17.1 Å². The van der Waals surface area contributed by atoms with Gasteiger partial charge in [-0.1, -0.05) is 30.3 Å². The fourth-order valence-electron chi connectivity index (χ4n) is 2.60. The van der Waals surface area contributed by atoms with Gasteiger partial charge in [0.25, 0.3) is 5.54 Å². The summed E-state index contributed by atoms with van der Waals surface area (Å²) in [5, 5.41) is 45.5. The van der Waals surface area contributed by atoms with Crippen LogP contribution in [0.3, 0.4) is 0 Å². The molecule has 0 radical (unpaired) electrons. The highest BCUT2D eigenvalue weighted by molar-refractivity contribution is 5.71. The molecular formula is C14H10N4O8. The summed E-state index contributed by atoms with van der Waals surface area (Å²) >= 11 is 0. The first-order valence-corrected chi connectivity index (χ1v) is 6.93. The lowest BCUT2D eigenvalue weighted by atomic mass is 9.83. The highest BCUT2D eigenvalue weighted by Crippen LogP contribution is 2.45. The van der Waals surface area contributed by atoms with Gasteiger partial charge in [-0.05, 0) is 6.07 Å². The molecule has 0 amide bonds. The molecule has 0 spiro atoms. The fraction of sp³-hybridized carbons (Fsp3) is 0.143. The Morgan fingerprint density at radius 2 is 1.27 bits per heavy atom. The van der Waals surface area contributed by atoms with Crippen molar-refractivity contribution in [3.63, 3.8) is 0 Å². The lowest BCUT2D eigenvalue weighted by Gasteiger charge is -2.21. The van der Waals surface area contributed by atoms with Crippen LogP contribution in [-0.2, 0) is 5.54 Å². The minimum absolute atomic E-state index is 0.0243. The Balaban J connectivity index is 2.98. The van der Waals surface area contributed by atoms with E-state index in [4.69, 9.17) is 0 Å². The molecule has 26 heavy (non-hydrogen) atoms. The highest BCUT2D eigenvalue weighted by atomic mass is 16.7. The summed E-state index contributed by atoms with van der Waals surface area (Å²) in [6.07, 6.45) is 0. The Hall–Kier alpha value is -3.96. The van der Waals surface area contributed by atoms with Gasteiger partial charge in [0.15, 0.2) is 0 Å². The van der Waals surface area contributed by atoms with E-state index in [1.165, 1.54) is 24.3 Å². The fourth-order valence-corrected chi connectivity index (χ4v) is 2.60. The predicted octanol–water partition coefficient (Wildman–Crippen LogP) is 2.95. The van der Waals surface area contributed by atoms with E-state index in [9.17, 15) is 40.5 Å². The molecule has 0 aromatic heterocycles. The lowest BCUT2D eigenvalue weighted by Crippen LogP contribution is -2.34. The molecule has 134 valence electrons. The molecule has 0 aliphatic carbocycles. The average Bonchev–Trinajstić information content (AvgIpc) is 2.59. The Morgan fingerprint density at radius 1 is 0.731 bits per heavy atom.